The van der Waals surface area contributed by atoms with Crippen molar-refractivity contribution in [2.75, 3.05) is 20.8 Å². The molecule has 0 aromatic carbocycles. The third-order valence-electron chi connectivity index (χ3n) is 0.865. The predicted octanol–water partition coefficient (Wildman–Crippen LogP) is 0.172. The molecule has 0 spiro atoms. The minimum atomic E-state index is 0.169. The predicted molar refractivity (Wildman–Crippen MR) is 31.5 cm³/mol. The van der Waals surface area contributed by atoms with Crippen LogP contribution in [0.4, 0.5) is 0 Å². The van der Waals surface area contributed by atoms with Crippen molar-refractivity contribution in [1.29, 1.82) is 0 Å². The lowest BCUT2D eigenvalue weighted by Gasteiger charge is -2.07. The molecule has 0 radical (unpaired) electrons. The van der Waals surface area contributed by atoms with E-state index in [1.54, 1.807) is 14.2 Å². The lowest BCUT2D eigenvalue weighted by Crippen LogP contribution is -2.19. The van der Waals surface area contributed by atoms with Crippen LogP contribution in [0.2, 0.25) is 0 Å². The van der Waals surface area contributed by atoms with E-state index in [1.165, 1.54) is 0 Å². The maximum atomic E-state index is 4.89. The van der Waals surface area contributed by atoms with Crippen LogP contribution in [0.3, 0.4) is 0 Å². The third-order valence-corrected chi connectivity index (χ3v) is 0.865. The van der Waals surface area contributed by atoms with Crippen LogP contribution >= 0.6 is 0 Å². The van der Waals surface area contributed by atoms with E-state index in [-0.39, 0.29) is 6.10 Å². The van der Waals surface area contributed by atoms with Crippen LogP contribution in [-0.4, -0.2) is 26.9 Å². The summed E-state index contributed by atoms with van der Waals surface area (Å²) < 4.78 is 4.89. The van der Waals surface area contributed by atoms with Crippen LogP contribution < -0.4 is 5.48 Å². The van der Waals surface area contributed by atoms with Crippen LogP contribution in [0.5, 0.6) is 0 Å². The number of ether oxygens (including phenoxy) is 1. The molecule has 0 fully saturated rings. The molecule has 0 amide bonds. The molecule has 0 aliphatic rings. The average Bonchev–Trinajstić information content (AvgIpc) is 1.83. The summed E-state index contributed by atoms with van der Waals surface area (Å²) in [7, 11) is 3.38. The zero-order chi connectivity index (χ0) is 6.41. The first-order valence-electron chi connectivity index (χ1n) is 2.62. The smallest absolute Gasteiger partial charge is 0.0941 e. The Balaban J connectivity index is 2.86. The minimum absolute atomic E-state index is 0.169. The maximum absolute atomic E-state index is 4.89. The Hall–Kier alpha value is -0.120. The Bertz CT molecular complexity index is 49.7. The van der Waals surface area contributed by atoms with Crippen LogP contribution in [-0.2, 0) is 9.57 Å². The molecular weight excluding hydrogens is 106 g/mol. The van der Waals surface area contributed by atoms with Gasteiger partial charge in [-0.3, -0.25) is 4.84 Å². The van der Waals surface area contributed by atoms with Crippen LogP contribution in [0, 0.1) is 0 Å². The molecule has 0 aliphatic carbocycles. The fraction of sp³-hybridized carbons (Fsp3) is 1.00. The van der Waals surface area contributed by atoms with Crippen molar-refractivity contribution in [3.63, 3.8) is 0 Å². The highest BCUT2D eigenvalue weighted by molar-refractivity contribution is 4.41. The molecule has 0 heterocycles. The zero-order valence-corrected chi connectivity index (χ0v) is 5.60. The molecule has 0 saturated carbocycles. The second-order valence-electron chi connectivity index (χ2n) is 1.56. The maximum Gasteiger partial charge on any atom is 0.0941 e. The van der Waals surface area contributed by atoms with Crippen molar-refractivity contribution < 1.29 is 9.57 Å². The van der Waals surface area contributed by atoms with Gasteiger partial charge >= 0.3 is 0 Å². The van der Waals surface area contributed by atoms with Crippen molar-refractivity contribution in [3.8, 4) is 0 Å². The van der Waals surface area contributed by atoms with E-state index in [0.29, 0.717) is 6.61 Å². The molecule has 0 aromatic rings. The highest BCUT2D eigenvalue weighted by atomic mass is 16.7. The number of hydroxylamine groups is 1. The van der Waals surface area contributed by atoms with Crippen LogP contribution in [0.1, 0.15) is 6.92 Å². The number of rotatable bonds is 4. The van der Waals surface area contributed by atoms with E-state index < -0.39 is 0 Å². The van der Waals surface area contributed by atoms with Gasteiger partial charge in [-0.25, -0.2) is 5.48 Å². The summed E-state index contributed by atoms with van der Waals surface area (Å²) in [5.41, 5.74) is 2.55. The summed E-state index contributed by atoms with van der Waals surface area (Å²) in [5, 5.41) is 0. The first-order valence-corrected chi connectivity index (χ1v) is 2.62. The van der Waals surface area contributed by atoms with Gasteiger partial charge in [0, 0.05) is 14.2 Å². The van der Waals surface area contributed by atoms with Gasteiger partial charge in [-0.1, -0.05) is 0 Å². The van der Waals surface area contributed by atoms with E-state index in [0.717, 1.165) is 0 Å². The second kappa shape index (κ2) is 5.03. The van der Waals surface area contributed by atoms with Crippen LogP contribution in [0.15, 0.2) is 0 Å². The van der Waals surface area contributed by atoms with E-state index in [4.69, 9.17) is 9.57 Å². The monoisotopic (exact) mass is 119 g/mol. The van der Waals surface area contributed by atoms with Gasteiger partial charge in [0.15, 0.2) is 0 Å². The van der Waals surface area contributed by atoms with Crippen molar-refractivity contribution in [1.82, 2.24) is 5.48 Å². The number of hydrogen-bond acceptors (Lipinski definition) is 3. The Morgan fingerprint density at radius 2 is 2.25 bits per heavy atom. The molecular formula is C5H13NO2. The second-order valence-corrected chi connectivity index (χ2v) is 1.56. The van der Waals surface area contributed by atoms with E-state index in [1.807, 2.05) is 6.92 Å². The molecule has 50 valence electrons. The SMILES string of the molecule is CNOCC(C)OC. The molecule has 8 heavy (non-hydrogen) atoms. The highest BCUT2D eigenvalue weighted by Gasteiger charge is 1.95. The minimum Gasteiger partial charge on any atom is -0.379 e. The van der Waals surface area contributed by atoms with E-state index >= 15 is 0 Å². The van der Waals surface area contributed by atoms with Gasteiger partial charge in [-0.15, -0.1) is 0 Å². The van der Waals surface area contributed by atoms with Crippen LogP contribution in [0.25, 0.3) is 0 Å². The molecule has 3 heteroatoms. The summed E-state index contributed by atoms with van der Waals surface area (Å²) in [6.45, 7) is 2.53. The molecule has 1 unspecified atom stereocenters. The molecule has 0 aliphatic heterocycles. The van der Waals surface area contributed by atoms with Gasteiger partial charge in [0.1, 0.15) is 0 Å². The van der Waals surface area contributed by atoms with Gasteiger partial charge in [-0.2, -0.15) is 0 Å². The Morgan fingerprint density at radius 1 is 1.62 bits per heavy atom. The number of nitrogens with one attached hydrogen (secondary N) is 1. The van der Waals surface area contributed by atoms with E-state index in [9.17, 15) is 0 Å². The topological polar surface area (TPSA) is 30.5 Å². The average molecular weight is 119 g/mol. The summed E-state index contributed by atoms with van der Waals surface area (Å²) in [4.78, 5) is 4.81. The highest BCUT2D eigenvalue weighted by Crippen LogP contribution is 1.84. The Morgan fingerprint density at radius 3 is 2.62 bits per heavy atom. The first kappa shape index (κ1) is 7.88. The van der Waals surface area contributed by atoms with Crippen molar-refractivity contribution in [2.45, 2.75) is 13.0 Å². The van der Waals surface area contributed by atoms with Gasteiger partial charge in [-0.05, 0) is 6.92 Å². The van der Waals surface area contributed by atoms with E-state index in [2.05, 4.69) is 5.48 Å². The summed E-state index contributed by atoms with van der Waals surface area (Å²) in [6, 6.07) is 0. The summed E-state index contributed by atoms with van der Waals surface area (Å²) >= 11 is 0. The fourth-order valence-corrected chi connectivity index (χ4v) is 0.269. The van der Waals surface area contributed by atoms with Gasteiger partial charge in [0.05, 0.1) is 12.7 Å². The quantitative estimate of drug-likeness (QED) is 0.535. The number of methoxy groups -OCH3 is 1. The van der Waals surface area contributed by atoms with Gasteiger partial charge < -0.3 is 4.74 Å². The standard InChI is InChI=1S/C5H13NO2/c1-5(7-3)4-8-6-2/h5-6H,4H2,1-3H3. The zero-order valence-electron chi connectivity index (χ0n) is 5.60. The molecule has 1 atom stereocenters. The molecule has 3 nitrogen and oxygen atoms in total. The first-order chi connectivity index (χ1) is 3.81. The fourth-order valence-electron chi connectivity index (χ4n) is 0.269. The van der Waals surface area contributed by atoms with Crippen molar-refractivity contribution >= 4 is 0 Å². The molecule has 0 aromatic heterocycles. The van der Waals surface area contributed by atoms with Crippen molar-refractivity contribution in [3.05, 3.63) is 0 Å². The lowest BCUT2D eigenvalue weighted by molar-refractivity contribution is -0.0198. The molecule has 0 saturated heterocycles. The Kier molecular flexibility index (Phi) is 4.95. The molecule has 0 rings (SSSR count). The molecule has 1 N–H and O–H groups in total. The van der Waals surface area contributed by atoms with Gasteiger partial charge in [0.2, 0.25) is 0 Å². The Labute approximate surface area is 49.9 Å². The lowest BCUT2D eigenvalue weighted by atomic mass is 10.4. The molecule has 0 bridgehead atoms. The normalized spacial score (nSPS) is 13.9. The number of hydrogen-bond donors (Lipinski definition) is 1. The third kappa shape index (κ3) is 4.05. The summed E-state index contributed by atoms with van der Waals surface area (Å²) in [6.07, 6.45) is 0.169. The van der Waals surface area contributed by atoms with Crippen molar-refractivity contribution in [2.24, 2.45) is 0 Å². The van der Waals surface area contributed by atoms with Gasteiger partial charge in [0.25, 0.3) is 0 Å². The largest absolute Gasteiger partial charge is 0.379 e. The summed E-state index contributed by atoms with van der Waals surface area (Å²) in [5.74, 6) is 0.